The number of rotatable bonds is 5. The topological polar surface area (TPSA) is 41.5 Å². The van der Waals surface area contributed by atoms with Crippen LogP contribution in [0.3, 0.4) is 0 Å². The van der Waals surface area contributed by atoms with Crippen molar-refractivity contribution in [2.24, 2.45) is 0 Å². The van der Waals surface area contributed by atoms with Crippen molar-refractivity contribution in [3.63, 3.8) is 0 Å². The number of thiocarbonyl (C=S) groups is 1. The summed E-state index contributed by atoms with van der Waals surface area (Å²) in [5.41, 5.74) is 3.35. The quantitative estimate of drug-likeness (QED) is 0.617. The molecule has 0 amide bonds. The van der Waals surface area contributed by atoms with Gasteiger partial charge >= 0.3 is 0 Å². The minimum atomic E-state index is -0.0229. The Kier molecular flexibility index (Phi) is 5.24. The summed E-state index contributed by atoms with van der Waals surface area (Å²) < 4.78 is 11.1. The lowest BCUT2D eigenvalue weighted by molar-refractivity contribution is 0.269. The molecule has 0 saturated carbocycles. The van der Waals surface area contributed by atoms with Gasteiger partial charge in [-0.1, -0.05) is 12.1 Å². The SMILES string of the molecule is Cc1ccc(C)c(NC(=S)N(Cc2ccco2)[C@@H](C)c2ccco2)c1. The molecule has 1 N–H and O–H groups in total. The van der Waals surface area contributed by atoms with Gasteiger partial charge in [0.2, 0.25) is 0 Å². The monoisotopic (exact) mass is 354 g/mol. The third-order valence-electron chi connectivity index (χ3n) is 4.22. The lowest BCUT2D eigenvalue weighted by atomic mass is 10.1. The molecule has 3 rings (SSSR count). The van der Waals surface area contributed by atoms with Crippen molar-refractivity contribution in [2.45, 2.75) is 33.4 Å². The van der Waals surface area contributed by atoms with Crippen molar-refractivity contribution in [2.75, 3.05) is 5.32 Å². The van der Waals surface area contributed by atoms with Crippen LogP contribution in [0.5, 0.6) is 0 Å². The van der Waals surface area contributed by atoms with Crippen molar-refractivity contribution in [3.05, 3.63) is 77.6 Å². The lowest BCUT2D eigenvalue weighted by Crippen LogP contribution is -2.36. The van der Waals surface area contributed by atoms with E-state index in [9.17, 15) is 0 Å². The first-order chi connectivity index (χ1) is 12.0. The van der Waals surface area contributed by atoms with E-state index in [0.717, 1.165) is 22.8 Å². The van der Waals surface area contributed by atoms with E-state index in [4.69, 9.17) is 21.1 Å². The Labute approximate surface area is 153 Å². The second-order valence-corrected chi connectivity index (χ2v) is 6.53. The van der Waals surface area contributed by atoms with Crippen LogP contribution in [-0.4, -0.2) is 10.0 Å². The number of furan rings is 2. The van der Waals surface area contributed by atoms with E-state index >= 15 is 0 Å². The summed E-state index contributed by atoms with van der Waals surface area (Å²) in [6.07, 6.45) is 3.35. The highest BCUT2D eigenvalue weighted by molar-refractivity contribution is 7.80. The van der Waals surface area contributed by atoms with E-state index in [1.165, 1.54) is 5.56 Å². The molecular weight excluding hydrogens is 332 g/mol. The maximum atomic E-state index is 5.72. The second-order valence-electron chi connectivity index (χ2n) is 6.15. The maximum Gasteiger partial charge on any atom is 0.174 e. The summed E-state index contributed by atoms with van der Waals surface area (Å²) >= 11 is 5.72. The van der Waals surface area contributed by atoms with Crippen molar-refractivity contribution < 1.29 is 8.83 Å². The Morgan fingerprint density at radius 3 is 2.56 bits per heavy atom. The molecule has 0 saturated heterocycles. The average Bonchev–Trinajstić information content (AvgIpc) is 3.28. The van der Waals surface area contributed by atoms with Crippen LogP contribution in [0.25, 0.3) is 0 Å². The van der Waals surface area contributed by atoms with Gasteiger partial charge in [0, 0.05) is 5.69 Å². The van der Waals surface area contributed by atoms with Crippen LogP contribution in [0, 0.1) is 13.8 Å². The predicted molar refractivity (Wildman–Crippen MR) is 104 cm³/mol. The summed E-state index contributed by atoms with van der Waals surface area (Å²) in [6.45, 7) is 6.77. The summed E-state index contributed by atoms with van der Waals surface area (Å²) in [7, 11) is 0. The van der Waals surface area contributed by atoms with Crippen LogP contribution >= 0.6 is 12.2 Å². The molecule has 0 aliphatic heterocycles. The molecule has 0 radical (unpaired) electrons. The Morgan fingerprint density at radius 1 is 1.12 bits per heavy atom. The van der Waals surface area contributed by atoms with Gasteiger partial charge in [0.1, 0.15) is 11.5 Å². The number of aryl methyl sites for hydroxylation is 2. The summed E-state index contributed by atoms with van der Waals surface area (Å²) in [4.78, 5) is 2.06. The fourth-order valence-electron chi connectivity index (χ4n) is 2.70. The Morgan fingerprint density at radius 2 is 1.88 bits per heavy atom. The molecule has 5 heteroatoms. The van der Waals surface area contributed by atoms with Crippen molar-refractivity contribution >= 4 is 23.0 Å². The molecule has 0 unspecified atom stereocenters. The number of nitrogens with zero attached hydrogens (tertiary/aromatic N) is 1. The van der Waals surface area contributed by atoms with Crippen LogP contribution in [0.15, 0.2) is 63.8 Å². The molecule has 0 aliphatic rings. The van der Waals surface area contributed by atoms with Gasteiger partial charge in [-0.2, -0.15) is 0 Å². The third-order valence-corrected chi connectivity index (χ3v) is 4.56. The first-order valence-electron chi connectivity index (χ1n) is 8.25. The standard InChI is InChI=1S/C20H22N2O2S/c1-14-8-9-15(2)18(12-14)21-20(25)22(13-17-6-4-10-23-17)16(3)19-7-5-11-24-19/h4-12,16H,13H2,1-3H3,(H,21,25)/t16-/m0/s1. The largest absolute Gasteiger partial charge is 0.467 e. The first-order valence-corrected chi connectivity index (χ1v) is 8.66. The zero-order valence-electron chi connectivity index (χ0n) is 14.7. The van der Waals surface area contributed by atoms with Gasteiger partial charge in [-0.05, 0) is 74.4 Å². The minimum absolute atomic E-state index is 0.0229. The van der Waals surface area contributed by atoms with Crippen molar-refractivity contribution in [1.29, 1.82) is 0 Å². The lowest BCUT2D eigenvalue weighted by Gasteiger charge is -2.30. The van der Waals surface area contributed by atoms with Crippen LogP contribution in [-0.2, 0) is 6.54 Å². The van der Waals surface area contributed by atoms with Gasteiger partial charge in [-0.3, -0.25) is 0 Å². The van der Waals surface area contributed by atoms with E-state index < -0.39 is 0 Å². The number of nitrogens with one attached hydrogen (secondary N) is 1. The van der Waals surface area contributed by atoms with Gasteiger partial charge in [-0.25, -0.2) is 0 Å². The molecule has 3 aromatic rings. The Balaban J connectivity index is 1.84. The first kappa shape index (κ1) is 17.3. The smallest absolute Gasteiger partial charge is 0.174 e. The van der Waals surface area contributed by atoms with E-state index in [-0.39, 0.29) is 6.04 Å². The van der Waals surface area contributed by atoms with E-state index in [1.807, 2.05) is 24.3 Å². The zero-order valence-corrected chi connectivity index (χ0v) is 15.5. The molecule has 130 valence electrons. The van der Waals surface area contributed by atoms with Gasteiger partial charge in [-0.15, -0.1) is 0 Å². The van der Waals surface area contributed by atoms with E-state index in [0.29, 0.717) is 11.7 Å². The Hall–Kier alpha value is -2.53. The minimum Gasteiger partial charge on any atom is -0.467 e. The number of anilines is 1. The summed E-state index contributed by atoms with van der Waals surface area (Å²) in [5.74, 6) is 1.71. The van der Waals surface area contributed by atoms with Gasteiger partial charge in [0.15, 0.2) is 5.11 Å². The molecule has 0 aliphatic carbocycles. The second kappa shape index (κ2) is 7.57. The summed E-state index contributed by atoms with van der Waals surface area (Å²) in [5, 5.41) is 4.01. The molecule has 0 fully saturated rings. The average molecular weight is 354 g/mol. The normalized spacial score (nSPS) is 12.0. The van der Waals surface area contributed by atoms with Crippen molar-refractivity contribution in [3.8, 4) is 0 Å². The van der Waals surface area contributed by atoms with Gasteiger partial charge in [0.25, 0.3) is 0 Å². The van der Waals surface area contributed by atoms with Crippen LogP contribution in [0.4, 0.5) is 5.69 Å². The maximum absolute atomic E-state index is 5.72. The molecule has 25 heavy (non-hydrogen) atoms. The molecular formula is C20H22N2O2S. The van der Waals surface area contributed by atoms with Crippen molar-refractivity contribution in [1.82, 2.24) is 4.90 Å². The molecule has 2 heterocycles. The number of hydrogen-bond acceptors (Lipinski definition) is 3. The molecule has 1 atom stereocenters. The fraction of sp³-hybridized carbons (Fsp3) is 0.250. The van der Waals surface area contributed by atoms with Crippen LogP contribution in [0.1, 0.15) is 35.6 Å². The molecule has 2 aromatic heterocycles. The zero-order chi connectivity index (χ0) is 17.8. The van der Waals surface area contributed by atoms with E-state index in [2.05, 4.69) is 49.2 Å². The highest BCUT2D eigenvalue weighted by atomic mass is 32.1. The highest BCUT2D eigenvalue weighted by Gasteiger charge is 2.22. The predicted octanol–water partition coefficient (Wildman–Crippen LogP) is 5.45. The molecule has 0 spiro atoms. The number of benzene rings is 1. The van der Waals surface area contributed by atoms with Gasteiger partial charge < -0.3 is 19.1 Å². The van der Waals surface area contributed by atoms with Crippen LogP contribution in [0.2, 0.25) is 0 Å². The fourth-order valence-corrected chi connectivity index (χ4v) is 3.03. The molecule has 0 bridgehead atoms. The van der Waals surface area contributed by atoms with Gasteiger partial charge in [0.05, 0.1) is 25.1 Å². The number of hydrogen-bond donors (Lipinski definition) is 1. The summed E-state index contributed by atoms with van der Waals surface area (Å²) in [6, 6.07) is 13.9. The van der Waals surface area contributed by atoms with Crippen LogP contribution < -0.4 is 5.32 Å². The molecule has 1 aromatic carbocycles. The Bertz CT molecular complexity index is 826. The third kappa shape index (κ3) is 4.12. The van der Waals surface area contributed by atoms with E-state index in [1.54, 1.807) is 12.5 Å². The molecule has 4 nitrogen and oxygen atoms in total. The highest BCUT2D eigenvalue weighted by Crippen LogP contribution is 2.25.